The molecule has 2 rings (SSSR count). The van der Waals surface area contributed by atoms with Gasteiger partial charge in [-0.2, -0.15) is 0 Å². The van der Waals surface area contributed by atoms with Crippen LogP contribution in [0.4, 0.5) is 0 Å². The van der Waals surface area contributed by atoms with Gasteiger partial charge < -0.3 is 14.8 Å². The van der Waals surface area contributed by atoms with Crippen LogP contribution in [-0.4, -0.2) is 39.0 Å². The third-order valence-electron chi connectivity index (χ3n) is 3.52. The van der Waals surface area contributed by atoms with E-state index in [1.54, 1.807) is 0 Å². The molecule has 0 spiro atoms. The Bertz CT molecular complexity index is 169. The van der Waals surface area contributed by atoms with Gasteiger partial charge in [0, 0.05) is 25.9 Å². The highest BCUT2D eigenvalue weighted by Crippen LogP contribution is 2.27. The Labute approximate surface area is 86.2 Å². The van der Waals surface area contributed by atoms with Gasteiger partial charge in [-0.1, -0.05) is 0 Å². The zero-order chi connectivity index (χ0) is 9.80. The van der Waals surface area contributed by atoms with Crippen LogP contribution in [0.5, 0.6) is 0 Å². The van der Waals surface area contributed by atoms with Gasteiger partial charge in [-0.15, -0.1) is 0 Å². The highest BCUT2D eigenvalue weighted by atomic mass is 16.5. The van der Waals surface area contributed by atoms with Crippen molar-refractivity contribution in [2.75, 3.05) is 26.9 Å². The lowest BCUT2D eigenvalue weighted by atomic mass is 9.88. The average molecular weight is 199 g/mol. The quantitative estimate of drug-likeness (QED) is 0.724. The van der Waals surface area contributed by atoms with E-state index in [-0.39, 0.29) is 0 Å². The van der Waals surface area contributed by atoms with Gasteiger partial charge in [-0.05, 0) is 38.6 Å². The molecule has 14 heavy (non-hydrogen) atoms. The van der Waals surface area contributed by atoms with E-state index in [4.69, 9.17) is 9.47 Å². The van der Waals surface area contributed by atoms with Crippen LogP contribution in [0.3, 0.4) is 0 Å². The summed E-state index contributed by atoms with van der Waals surface area (Å²) in [5.74, 6) is 0.736. The normalized spacial score (nSPS) is 35.8. The van der Waals surface area contributed by atoms with Crippen molar-refractivity contribution < 1.29 is 9.47 Å². The number of ether oxygens (including phenoxy) is 2. The highest BCUT2D eigenvalue weighted by molar-refractivity contribution is 4.81. The predicted molar refractivity (Wildman–Crippen MR) is 55.4 cm³/mol. The van der Waals surface area contributed by atoms with Crippen LogP contribution in [0.2, 0.25) is 0 Å². The summed E-state index contributed by atoms with van der Waals surface area (Å²) in [5, 5.41) is 3.36. The molecule has 0 aromatic carbocycles. The van der Waals surface area contributed by atoms with Gasteiger partial charge in [-0.25, -0.2) is 0 Å². The Hall–Kier alpha value is -0.120. The molecule has 2 aliphatic rings. The predicted octanol–water partition coefficient (Wildman–Crippen LogP) is 1.18. The Kier molecular flexibility index (Phi) is 3.79. The largest absolute Gasteiger partial charge is 0.381 e. The number of hydrogen-bond acceptors (Lipinski definition) is 3. The second-order valence-corrected chi connectivity index (χ2v) is 4.37. The molecule has 2 aliphatic heterocycles. The van der Waals surface area contributed by atoms with E-state index in [0.29, 0.717) is 12.1 Å². The van der Waals surface area contributed by atoms with E-state index >= 15 is 0 Å². The molecule has 0 saturated carbocycles. The van der Waals surface area contributed by atoms with E-state index in [1.807, 2.05) is 0 Å². The fraction of sp³-hybridized carbons (Fsp3) is 1.00. The molecule has 2 atom stereocenters. The zero-order valence-electron chi connectivity index (χ0n) is 9.00. The van der Waals surface area contributed by atoms with Gasteiger partial charge in [0.25, 0.3) is 0 Å². The molecule has 3 nitrogen and oxygen atoms in total. The molecule has 1 N–H and O–H groups in total. The van der Waals surface area contributed by atoms with E-state index in [2.05, 4.69) is 12.4 Å². The van der Waals surface area contributed by atoms with E-state index in [1.165, 1.54) is 19.3 Å². The van der Waals surface area contributed by atoms with Gasteiger partial charge in [0.05, 0.1) is 6.10 Å². The lowest BCUT2D eigenvalue weighted by molar-refractivity contribution is -0.0631. The molecular formula is C11H21NO2. The van der Waals surface area contributed by atoms with Crippen LogP contribution in [0.1, 0.15) is 25.7 Å². The van der Waals surface area contributed by atoms with Crippen LogP contribution in [0.15, 0.2) is 0 Å². The smallest absolute Gasteiger partial charge is 0.0619 e. The van der Waals surface area contributed by atoms with Crippen molar-refractivity contribution in [1.29, 1.82) is 0 Å². The molecule has 0 amide bonds. The summed E-state index contributed by atoms with van der Waals surface area (Å²) < 4.78 is 11.2. The third kappa shape index (κ3) is 2.47. The number of nitrogens with one attached hydrogen (secondary N) is 1. The monoisotopic (exact) mass is 199 g/mol. The minimum absolute atomic E-state index is 0.477. The minimum Gasteiger partial charge on any atom is -0.381 e. The summed E-state index contributed by atoms with van der Waals surface area (Å²) in [5.41, 5.74) is 0. The Balaban J connectivity index is 1.83. The van der Waals surface area contributed by atoms with Gasteiger partial charge in [0.2, 0.25) is 0 Å². The highest BCUT2D eigenvalue weighted by Gasteiger charge is 2.29. The molecule has 82 valence electrons. The maximum Gasteiger partial charge on any atom is 0.0619 e. The Morgan fingerprint density at radius 2 is 1.86 bits per heavy atom. The van der Waals surface area contributed by atoms with Crippen molar-refractivity contribution in [3.05, 3.63) is 0 Å². The summed E-state index contributed by atoms with van der Waals surface area (Å²) in [6.45, 7) is 2.77. The van der Waals surface area contributed by atoms with E-state index in [9.17, 15) is 0 Å². The standard InChI is InChI=1S/C11H21NO2/c1-12-10-4-7-14-11(8-10)9-2-5-13-6-3-9/h9-12H,2-8H2,1H3. The van der Waals surface area contributed by atoms with Crippen LogP contribution < -0.4 is 5.32 Å². The van der Waals surface area contributed by atoms with Crippen LogP contribution in [0, 0.1) is 5.92 Å². The van der Waals surface area contributed by atoms with Crippen molar-refractivity contribution in [1.82, 2.24) is 5.32 Å². The van der Waals surface area contributed by atoms with Gasteiger partial charge in [0.15, 0.2) is 0 Å². The first-order valence-corrected chi connectivity index (χ1v) is 5.76. The second-order valence-electron chi connectivity index (χ2n) is 4.37. The first-order valence-electron chi connectivity index (χ1n) is 5.76. The summed E-state index contributed by atoms with van der Waals surface area (Å²) in [7, 11) is 2.05. The molecule has 2 fully saturated rings. The van der Waals surface area contributed by atoms with E-state index in [0.717, 1.165) is 32.2 Å². The molecule has 0 radical (unpaired) electrons. The molecular weight excluding hydrogens is 178 g/mol. The summed E-state index contributed by atoms with van der Waals surface area (Å²) in [6.07, 6.45) is 5.18. The lowest BCUT2D eigenvalue weighted by Crippen LogP contribution is -2.41. The first kappa shape index (κ1) is 10.4. The maximum absolute atomic E-state index is 5.85. The average Bonchev–Trinajstić information content (AvgIpc) is 2.30. The van der Waals surface area contributed by atoms with Gasteiger partial charge >= 0.3 is 0 Å². The first-order chi connectivity index (χ1) is 6.90. The molecule has 0 aromatic rings. The third-order valence-corrected chi connectivity index (χ3v) is 3.52. The zero-order valence-corrected chi connectivity index (χ0v) is 9.00. The molecule has 0 aliphatic carbocycles. The van der Waals surface area contributed by atoms with Crippen molar-refractivity contribution >= 4 is 0 Å². The maximum atomic E-state index is 5.85. The second kappa shape index (κ2) is 5.10. The summed E-state index contributed by atoms with van der Waals surface area (Å²) in [4.78, 5) is 0. The summed E-state index contributed by atoms with van der Waals surface area (Å²) in [6, 6.07) is 0.664. The number of hydrogen-bond donors (Lipinski definition) is 1. The summed E-state index contributed by atoms with van der Waals surface area (Å²) >= 11 is 0. The van der Waals surface area contributed by atoms with Gasteiger partial charge in [0.1, 0.15) is 0 Å². The number of rotatable bonds is 2. The SMILES string of the molecule is CNC1CCOC(C2CCOCC2)C1. The molecule has 2 heterocycles. The van der Waals surface area contributed by atoms with Crippen LogP contribution in [-0.2, 0) is 9.47 Å². The topological polar surface area (TPSA) is 30.5 Å². The van der Waals surface area contributed by atoms with Crippen molar-refractivity contribution in [3.63, 3.8) is 0 Å². The Morgan fingerprint density at radius 3 is 2.57 bits per heavy atom. The molecule has 0 aromatic heterocycles. The van der Waals surface area contributed by atoms with E-state index < -0.39 is 0 Å². The fourth-order valence-corrected chi connectivity index (χ4v) is 2.51. The van der Waals surface area contributed by atoms with Gasteiger partial charge in [-0.3, -0.25) is 0 Å². The van der Waals surface area contributed by atoms with Crippen LogP contribution >= 0.6 is 0 Å². The Morgan fingerprint density at radius 1 is 1.07 bits per heavy atom. The van der Waals surface area contributed by atoms with Crippen molar-refractivity contribution in [2.24, 2.45) is 5.92 Å². The molecule has 2 saturated heterocycles. The van der Waals surface area contributed by atoms with Crippen molar-refractivity contribution in [2.45, 2.75) is 37.8 Å². The van der Waals surface area contributed by atoms with Crippen molar-refractivity contribution in [3.8, 4) is 0 Å². The lowest BCUT2D eigenvalue weighted by Gasteiger charge is -2.36. The molecule has 2 unspecified atom stereocenters. The van der Waals surface area contributed by atoms with Crippen LogP contribution in [0.25, 0.3) is 0 Å². The molecule has 3 heteroatoms. The molecule has 0 bridgehead atoms. The minimum atomic E-state index is 0.477. The fourth-order valence-electron chi connectivity index (χ4n) is 2.51.